The van der Waals surface area contributed by atoms with Gasteiger partial charge in [0.1, 0.15) is 6.54 Å². The molecule has 0 bridgehead atoms. The second kappa shape index (κ2) is 5.75. The van der Waals surface area contributed by atoms with Crippen LogP contribution in [0.15, 0.2) is 36.4 Å². The van der Waals surface area contributed by atoms with Gasteiger partial charge in [-0.3, -0.25) is 19.3 Å². The molecule has 1 heterocycles. The highest BCUT2D eigenvalue weighted by atomic mass is 16.2. The molecule has 114 valence electrons. The molecule has 0 saturated carbocycles. The largest absolute Gasteiger partial charge is 0.324 e. The Morgan fingerprint density at radius 3 is 2.32 bits per heavy atom. The summed E-state index contributed by atoms with van der Waals surface area (Å²) in [6, 6.07) is 7.40. The molecule has 0 unspecified atom stereocenters. The molecule has 2 aliphatic rings. The zero-order chi connectivity index (χ0) is 15.7. The molecule has 5 nitrogen and oxygen atoms in total. The predicted octanol–water partition coefficient (Wildman–Crippen LogP) is 1.88. The Balaban J connectivity index is 1.68. The van der Waals surface area contributed by atoms with Crippen molar-refractivity contribution in [2.45, 2.75) is 19.8 Å². The van der Waals surface area contributed by atoms with E-state index in [4.69, 9.17) is 0 Å². The molecule has 0 aromatic heterocycles. The van der Waals surface area contributed by atoms with Gasteiger partial charge in [0.15, 0.2) is 0 Å². The smallest absolute Gasteiger partial charge is 0.244 e. The van der Waals surface area contributed by atoms with Gasteiger partial charge in [0.25, 0.3) is 0 Å². The lowest BCUT2D eigenvalue weighted by molar-refractivity contribution is -0.142. The lowest BCUT2D eigenvalue weighted by Gasteiger charge is -2.15. The molecule has 5 heteroatoms. The summed E-state index contributed by atoms with van der Waals surface area (Å²) < 4.78 is 0. The van der Waals surface area contributed by atoms with Crippen LogP contribution >= 0.6 is 0 Å². The molecular formula is C17H18N2O3. The number of para-hydroxylation sites is 1. The lowest BCUT2D eigenvalue weighted by Crippen LogP contribution is -2.38. The van der Waals surface area contributed by atoms with E-state index in [0.717, 1.165) is 10.5 Å². The minimum atomic E-state index is -0.345. The number of amides is 3. The highest BCUT2D eigenvalue weighted by Gasteiger charge is 2.47. The van der Waals surface area contributed by atoms with Crippen LogP contribution in [0.3, 0.4) is 0 Å². The van der Waals surface area contributed by atoms with Crippen molar-refractivity contribution in [2.24, 2.45) is 11.8 Å². The Kier molecular flexibility index (Phi) is 3.79. The summed E-state index contributed by atoms with van der Waals surface area (Å²) >= 11 is 0. The van der Waals surface area contributed by atoms with Crippen molar-refractivity contribution in [3.05, 3.63) is 42.0 Å². The summed E-state index contributed by atoms with van der Waals surface area (Å²) in [5, 5.41) is 2.76. The number of fused-ring (bicyclic) bond motifs is 1. The number of rotatable bonds is 3. The minimum absolute atomic E-state index is 0.209. The summed E-state index contributed by atoms with van der Waals surface area (Å²) in [6.45, 7) is 1.68. The second-order valence-corrected chi connectivity index (χ2v) is 5.78. The van der Waals surface area contributed by atoms with E-state index in [9.17, 15) is 14.4 Å². The Labute approximate surface area is 129 Å². The summed E-state index contributed by atoms with van der Waals surface area (Å²) in [4.78, 5) is 37.8. The highest BCUT2D eigenvalue weighted by molar-refractivity contribution is 6.08. The van der Waals surface area contributed by atoms with Gasteiger partial charge in [-0.05, 0) is 31.4 Å². The first-order chi connectivity index (χ1) is 10.6. The molecule has 1 aromatic carbocycles. The molecular weight excluding hydrogens is 280 g/mol. The number of anilines is 1. The van der Waals surface area contributed by atoms with Crippen molar-refractivity contribution in [2.75, 3.05) is 11.9 Å². The zero-order valence-corrected chi connectivity index (χ0v) is 12.4. The number of carbonyl (C=O) groups excluding carboxylic acids is 3. The fourth-order valence-electron chi connectivity index (χ4n) is 3.07. The summed E-state index contributed by atoms with van der Waals surface area (Å²) in [5.41, 5.74) is 1.64. The van der Waals surface area contributed by atoms with E-state index < -0.39 is 0 Å². The maximum Gasteiger partial charge on any atom is 0.244 e. The molecule has 3 rings (SSSR count). The van der Waals surface area contributed by atoms with Gasteiger partial charge >= 0.3 is 0 Å². The minimum Gasteiger partial charge on any atom is -0.324 e. The van der Waals surface area contributed by atoms with Crippen LogP contribution in [-0.4, -0.2) is 29.2 Å². The maximum absolute atomic E-state index is 12.3. The van der Waals surface area contributed by atoms with Crippen LogP contribution in [0.25, 0.3) is 0 Å². The van der Waals surface area contributed by atoms with Crippen LogP contribution in [0.2, 0.25) is 0 Å². The van der Waals surface area contributed by atoms with E-state index >= 15 is 0 Å². The summed E-state index contributed by atoms with van der Waals surface area (Å²) in [6.07, 6.45) is 5.04. The first-order valence-electron chi connectivity index (χ1n) is 7.43. The third-order valence-electron chi connectivity index (χ3n) is 4.32. The molecule has 1 aliphatic heterocycles. The number of benzene rings is 1. The number of likely N-dealkylation sites (tertiary alicyclic amines) is 1. The third kappa shape index (κ3) is 2.54. The van der Waals surface area contributed by atoms with Crippen molar-refractivity contribution in [3.63, 3.8) is 0 Å². The second-order valence-electron chi connectivity index (χ2n) is 5.78. The molecule has 0 radical (unpaired) electrons. The van der Waals surface area contributed by atoms with Gasteiger partial charge in [-0.15, -0.1) is 0 Å². The van der Waals surface area contributed by atoms with Crippen LogP contribution in [0.5, 0.6) is 0 Å². The van der Waals surface area contributed by atoms with Crippen molar-refractivity contribution >= 4 is 23.4 Å². The maximum atomic E-state index is 12.3. The van der Waals surface area contributed by atoms with Gasteiger partial charge in [-0.1, -0.05) is 30.4 Å². The Bertz CT molecular complexity index is 640. The number of imide groups is 1. The van der Waals surface area contributed by atoms with Gasteiger partial charge in [0.2, 0.25) is 17.7 Å². The molecule has 2 atom stereocenters. The molecule has 1 N–H and O–H groups in total. The molecule has 1 fully saturated rings. The summed E-state index contributed by atoms with van der Waals surface area (Å²) in [7, 11) is 0. The SMILES string of the molecule is Cc1ccccc1NC(=O)CN1C(=O)[C@@H]2CC=CC[C@H]2C1=O. The monoisotopic (exact) mass is 298 g/mol. The van der Waals surface area contributed by atoms with Gasteiger partial charge in [-0.2, -0.15) is 0 Å². The zero-order valence-electron chi connectivity index (χ0n) is 12.4. The number of hydrogen-bond donors (Lipinski definition) is 1. The Morgan fingerprint density at radius 2 is 1.73 bits per heavy atom. The Hall–Kier alpha value is -2.43. The first kappa shape index (κ1) is 14.5. The fraction of sp³-hybridized carbons (Fsp3) is 0.353. The number of nitrogens with one attached hydrogen (secondary N) is 1. The number of allylic oxidation sites excluding steroid dienone is 2. The standard InChI is InChI=1S/C17H18N2O3/c1-11-6-2-5-9-14(11)18-15(20)10-19-16(21)12-7-3-4-8-13(12)17(19)22/h2-6,9,12-13H,7-8,10H2,1H3,(H,18,20)/t12-,13-/m1/s1. The van der Waals surface area contributed by atoms with Crippen LogP contribution in [0, 0.1) is 18.8 Å². The summed E-state index contributed by atoms with van der Waals surface area (Å²) in [5.74, 6) is -1.37. The van der Waals surface area contributed by atoms with Crippen LogP contribution in [0.1, 0.15) is 18.4 Å². The molecule has 0 spiro atoms. The van der Waals surface area contributed by atoms with Crippen LogP contribution < -0.4 is 5.32 Å². The van der Waals surface area contributed by atoms with Gasteiger partial charge < -0.3 is 5.32 Å². The van der Waals surface area contributed by atoms with Crippen molar-refractivity contribution in [3.8, 4) is 0 Å². The Morgan fingerprint density at radius 1 is 1.14 bits per heavy atom. The van der Waals surface area contributed by atoms with E-state index in [2.05, 4.69) is 5.32 Å². The fourth-order valence-corrected chi connectivity index (χ4v) is 3.07. The molecule has 1 aliphatic carbocycles. The van der Waals surface area contributed by atoms with E-state index in [0.29, 0.717) is 18.5 Å². The average Bonchev–Trinajstić information content (AvgIpc) is 2.75. The van der Waals surface area contributed by atoms with Crippen molar-refractivity contribution in [1.29, 1.82) is 0 Å². The van der Waals surface area contributed by atoms with Gasteiger partial charge in [-0.25, -0.2) is 0 Å². The molecule has 22 heavy (non-hydrogen) atoms. The lowest BCUT2D eigenvalue weighted by atomic mass is 9.85. The predicted molar refractivity (Wildman–Crippen MR) is 81.9 cm³/mol. The van der Waals surface area contributed by atoms with E-state index in [-0.39, 0.29) is 36.1 Å². The third-order valence-corrected chi connectivity index (χ3v) is 4.32. The van der Waals surface area contributed by atoms with E-state index in [1.807, 2.05) is 37.3 Å². The first-order valence-corrected chi connectivity index (χ1v) is 7.43. The van der Waals surface area contributed by atoms with Gasteiger partial charge in [0, 0.05) is 5.69 Å². The topological polar surface area (TPSA) is 66.5 Å². The average molecular weight is 298 g/mol. The van der Waals surface area contributed by atoms with Crippen molar-refractivity contribution < 1.29 is 14.4 Å². The molecule has 1 saturated heterocycles. The molecule has 3 amide bonds. The number of aryl methyl sites for hydroxylation is 1. The van der Waals surface area contributed by atoms with Gasteiger partial charge in [0.05, 0.1) is 11.8 Å². The van der Waals surface area contributed by atoms with Crippen LogP contribution in [0.4, 0.5) is 5.69 Å². The number of carbonyl (C=O) groups is 3. The van der Waals surface area contributed by atoms with Crippen molar-refractivity contribution in [1.82, 2.24) is 4.90 Å². The number of nitrogens with zero attached hydrogens (tertiary/aromatic N) is 1. The quantitative estimate of drug-likeness (QED) is 0.684. The number of hydrogen-bond acceptors (Lipinski definition) is 3. The van der Waals surface area contributed by atoms with E-state index in [1.165, 1.54) is 0 Å². The highest BCUT2D eigenvalue weighted by Crippen LogP contribution is 2.34. The van der Waals surface area contributed by atoms with E-state index in [1.54, 1.807) is 6.07 Å². The normalized spacial score (nSPS) is 23.6. The molecule has 1 aromatic rings. The van der Waals surface area contributed by atoms with Crippen LogP contribution in [-0.2, 0) is 14.4 Å².